The molecule has 0 saturated carbocycles. The van der Waals surface area contributed by atoms with Crippen molar-refractivity contribution < 1.29 is 29.6 Å². The van der Waals surface area contributed by atoms with Gasteiger partial charge >= 0.3 is 5.97 Å². The third-order valence-corrected chi connectivity index (χ3v) is 1.80. The number of benzene rings is 1. The van der Waals surface area contributed by atoms with Gasteiger partial charge in [-0.05, 0) is 12.5 Å². The fourth-order valence-electron chi connectivity index (χ4n) is 1.18. The average Bonchev–Trinajstić information content (AvgIpc) is 2.27. The van der Waals surface area contributed by atoms with Crippen LogP contribution in [0.3, 0.4) is 0 Å². The van der Waals surface area contributed by atoms with Gasteiger partial charge in [0.05, 0.1) is 0 Å². The number of hydrogen-bond donors (Lipinski definition) is 3. The highest BCUT2D eigenvalue weighted by Crippen LogP contribution is 2.38. The first kappa shape index (κ1) is 16.5. The van der Waals surface area contributed by atoms with E-state index in [0.29, 0.717) is 12.0 Å². The molecule has 0 saturated heterocycles. The molecule has 1 aromatic carbocycles. The quantitative estimate of drug-likeness (QED) is 0.334. The number of aromatic hydroxyl groups is 2. The van der Waals surface area contributed by atoms with E-state index in [4.69, 9.17) is 14.6 Å². The third-order valence-electron chi connectivity index (χ3n) is 1.80. The van der Waals surface area contributed by atoms with E-state index >= 15 is 0 Å². The summed E-state index contributed by atoms with van der Waals surface area (Å²) in [5.41, 5.74) is 0.593. The van der Waals surface area contributed by atoms with Gasteiger partial charge in [-0.3, -0.25) is 9.59 Å². The van der Waals surface area contributed by atoms with Gasteiger partial charge in [-0.2, -0.15) is 0 Å². The van der Waals surface area contributed by atoms with Crippen LogP contribution in [-0.2, 0) is 16.0 Å². The maximum absolute atomic E-state index is 10.8. The molecule has 0 spiro atoms. The molecule has 1 aromatic rings. The highest BCUT2D eigenvalue weighted by Gasteiger charge is 2.14. The van der Waals surface area contributed by atoms with E-state index in [1.54, 1.807) is 12.1 Å². The van der Waals surface area contributed by atoms with Crippen molar-refractivity contribution in [2.75, 3.05) is 0 Å². The zero-order chi connectivity index (χ0) is 15.0. The van der Waals surface area contributed by atoms with Crippen molar-refractivity contribution in [3.8, 4) is 17.2 Å². The Morgan fingerprint density at radius 1 is 1.32 bits per heavy atom. The molecule has 0 radical (unpaired) electrons. The topological polar surface area (TPSA) is 104 Å². The van der Waals surface area contributed by atoms with Gasteiger partial charge in [0.2, 0.25) is 5.75 Å². The first-order chi connectivity index (χ1) is 8.79. The van der Waals surface area contributed by atoms with Crippen LogP contribution in [0.2, 0.25) is 0 Å². The van der Waals surface area contributed by atoms with Crippen molar-refractivity contribution in [2.24, 2.45) is 0 Å². The first-order valence-electron chi connectivity index (χ1n) is 5.32. The molecule has 0 aliphatic heterocycles. The van der Waals surface area contributed by atoms with E-state index in [9.17, 15) is 15.0 Å². The third kappa shape index (κ3) is 6.11. The van der Waals surface area contributed by atoms with E-state index in [1.807, 2.05) is 0 Å². The summed E-state index contributed by atoms with van der Waals surface area (Å²) in [7, 11) is 0. The molecule has 6 nitrogen and oxygen atoms in total. The number of esters is 1. The first-order valence-corrected chi connectivity index (χ1v) is 5.32. The number of rotatable bonds is 3. The van der Waals surface area contributed by atoms with E-state index in [2.05, 4.69) is 6.58 Å². The minimum absolute atomic E-state index is 0.0117. The Morgan fingerprint density at radius 3 is 2.26 bits per heavy atom. The van der Waals surface area contributed by atoms with Gasteiger partial charge in [0.25, 0.3) is 5.97 Å². The second kappa shape index (κ2) is 7.75. The lowest BCUT2D eigenvalue weighted by atomic mass is 10.1. The second-order valence-electron chi connectivity index (χ2n) is 3.53. The van der Waals surface area contributed by atoms with Crippen molar-refractivity contribution in [2.45, 2.75) is 20.3 Å². The maximum Gasteiger partial charge on any atom is 0.308 e. The van der Waals surface area contributed by atoms with Crippen molar-refractivity contribution >= 4 is 11.9 Å². The molecule has 0 aliphatic carbocycles. The van der Waals surface area contributed by atoms with Gasteiger partial charge in [0, 0.05) is 19.4 Å². The lowest BCUT2D eigenvalue weighted by Crippen LogP contribution is -2.04. The molecule has 0 atom stereocenters. The standard InChI is InChI=1S/C11H12O4.C2H4O2/c1-3-4-8-5-6-9(13)10(14)11(8)15-7(2)12;1-2(3)4/h3,5-6,13-14H,1,4H2,2H3;1H3,(H,3,4). The summed E-state index contributed by atoms with van der Waals surface area (Å²) in [6, 6.07) is 2.90. The minimum atomic E-state index is -0.833. The second-order valence-corrected chi connectivity index (χ2v) is 3.53. The summed E-state index contributed by atoms with van der Waals surface area (Å²) in [4.78, 5) is 19.8. The summed E-state index contributed by atoms with van der Waals surface area (Å²) >= 11 is 0. The number of hydrogen-bond acceptors (Lipinski definition) is 5. The van der Waals surface area contributed by atoms with Gasteiger partial charge in [-0.1, -0.05) is 12.1 Å². The predicted octanol–water partition coefficient (Wildman–Crippen LogP) is 1.84. The Morgan fingerprint density at radius 2 is 1.84 bits per heavy atom. The lowest BCUT2D eigenvalue weighted by molar-refractivity contribution is -0.134. The number of carbonyl (C=O) groups is 2. The summed E-state index contributed by atoms with van der Waals surface area (Å²) in [6.45, 7) is 5.85. The predicted molar refractivity (Wildman–Crippen MR) is 68.3 cm³/mol. The van der Waals surface area contributed by atoms with Crippen LogP contribution in [0, 0.1) is 0 Å². The number of phenolic OH excluding ortho intramolecular Hbond substituents is 2. The number of aliphatic carboxylic acids is 1. The number of phenols is 2. The maximum atomic E-state index is 10.8. The molecule has 0 bridgehead atoms. The molecule has 3 N–H and O–H groups in total. The molecular formula is C13H16O6. The van der Waals surface area contributed by atoms with Crippen LogP contribution in [0.25, 0.3) is 0 Å². The number of carbonyl (C=O) groups excluding carboxylic acids is 1. The molecule has 19 heavy (non-hydrogen) atoms. The number of carboxylic acid groups (broad SMARTS) is 1. The molecule has 0 heterocycles. The van der Waals surface area contributed by atoms with Crippen LogP contribution >= 0.6 is 0 Å². The van der Waals surface area contributed by atoms with Crippen LogP contribution in [0.5, 0.6) is 17.2 Å². The Kier molecular flexibility index (Phi) is 6.73. The molecule has 0 fully saturated rings. The molecular weight excluding hydrogens is 252 g/mol. The molecule has 104 valence electrons. The minimum Gasteiger partial charge on any atom is -0.504 e. The Balaban J connectivity index is 0.000000711. The molecule has 0 aromatic heterocycles. The van der Waals surface area contributed by atoms with Crippen LogP contribution < -0.4 is 4.74 Å². The SMILES string of the molecule is C=CCc1ccc(O)c(O)c1OC(C)=O.CC(=O)O. The number of ether oxygens (including phenoxy) is 1. The van der Waals surface area contributed by atoms with Gasteiger partial charge in [-0.15, -0.1) is 6.58 Å². The summed E-state index contributed by atoms with van der Waals surface area (Å²) in [5, 5.41) is 26.1. The summed E-state index contributed by atoms with van der Waals surface area (Å²) in [5.74, 6) is -2.15. The van der Waals surface area contributed by atoms with Crippen LogP contribution in [0.4, 0.5) is 0 Å². The normalized spacial score (nSPS) is 8.95. The average molecular weight is 268 g/mol. The van der Waals surface area contributed by atoms with E-state index in [0.717, 1.165) is 6.92 Å². The van der Waals surface area contributed by atoms with Gasteiger partial charge in [0.1, 0.15) is 0 Å². The number of allylic oxidation sites excluding steroid dienone is 1. The Hall–Kier alpha value is -2.50. The lowest BCUT2D eigenvalue weighted by Gasteiger charge is -2.10. The molecule has 0 aliphatic rings. The zero-order valence-electron chi connectivity index (χ0n) is 10.7. The van der Waals surface area contributed by atoms with Gasteiger partial charge in [0.15, 0.2) is 11.5 Å². The van der Waals surface area contributed by atoms with Crippen LogP contribution in [-0.4, -0.2) is 27.3 Å². The molecule has 0 amide bonds. The van der Waals surface area contributed by atoms with Crippen LogP contribution in [0.15, 0.2) is 24.8 Å². The molecule has 1 rings (SSSR count). The van der Waals surface area contributed by atoms with Gasteiger partial charge in [-0.25, -0.2) is 0 Å². The monoisotopic (exact) mass is 268 g/mol. The summed E-state index contributed by atoms with van der Waals surface area (Å²) < 4.78 is 4.81. The Bertz CT molecular complexity index is 474. The van der Waals surface area contributed by atoms with Crippen molar-refractivity contribution in [1.29, 1.82) is 0 Å². The van der Waals surface area contributed by atoms with E-state index in [-0.39, 0.29) is 11.5 Å². The Labute approximate surface area is 110 Å². The highest BCUT2D eigenvalue weighted by atomic mass is 16.5. The van der Waals surface area contributed by atoms with E-state index < -0.39 is 17.7 Å². The fraction of sp³-hybridized carbons (Fsp3) is 0.231. The van der Waals surface area contributed by atoms with E-state index in [1.165, 1.54) is 13.0 Å². The molecule has 0 unspecified atom stereocenters. The largest absolute Gasteiger partial charge is 0.504 e. The zero-order valence-corrected chi connectivity index (χ0v) is 10.7. The molecule has 6 heteroatoms. The van der Waals surface area contributed by atoms with Crippen molar-refractivity contribution in [3.63, 3.8) is 0 Å². The van der Waals surface area contributed by atoms with Crippen LogP contribution in [0.1, 0.15) is 19.4 Å². The smallest absolute Gasteiger partial charge is 0.308 e. The van der Waals surface area contributed by atoms with Crippen molar-refractivity contribution in [1.82, 2.24) is 0 Å². The highest BCUT2D eigenvalue weighted by molar-refractivity contribution is 5.72. The fourth-order valence-corrected chi connectivity index (χ4v) is 1.18. The number of carboxylic acids is 1. The summed E-state index contributed by atoms with van der Waals surface area (Å²) in [6.07, 6.45) is 2.05. The van der Waals surface area contributed by atoms with Gasteiger partial charge < -0.3 is 20.1 Å². The van der Waals surface area contributed by atoms with Crippen molar-refractivity contribution in [3.05, 3.63) is 30.4 Å².